The van der Waals surface area contributed by atoms with E-state index in [-0.39, 0.29) is 24.3 Å². The van der Waals surface area contributed by atoms with Crippen LogP contribution in [-0.2, 0) is 23.2 Å². The highest BCUT2D eigenvalue weighted by Gasteiger charge is 2.51. The van der Waals surface area contributed by atoms with Gasteiger partial charge in [-0.25, -0.2) is 4.68 Å². The second kappa shape index (κ2) is 14.8. The van der Waals surface area contributed by atoms with Crippen LogP contribution in [0.15, 0.2) is 78.9 Å². The van der Waals surface area contributed by atoms with Crippen molar-refractivity contribution in [3.63, 3.8) is 0 Å². The number of benzene rings is 3. The van der Waals surface area contributed by atoms with Gasteiger partial charge in [0, 0.05) is 31.0 Å². The molecule has 256 valence electrons. The number of carbonyl (C=O) groups excluding carboxylic acids is 3. The fourth-order valence-electron chi connectivity index (χ4n) is 6.89. The molecule has 2 N–H and O–H groups in total. The van der Waals surface area contributed by atoms with Gasteiger partial charge in [0.1, 0.15) is 0 Å². The molecule has 9 nitrogen and oxygen atoms in total. The fraction of sp³-hybridized carbons (Fsp3) is 0.400. The molecule has 3 aromatic carbocycles. The second-order valence-corrected chi connectivity index (χ2v) is 13.5. The minimum Gasteiger partial charge on any atom is -0.394 e. The Morgan fingerprint density at radius 1 is 0.918 bits per heavy atom. The third-order valence-corrected chi connectivity index (χ3v) is 10.0. The summed E-state index contributed by atoms with van der Waals surface area (Å²) in [5.74, 6) is -0.504. The number of fused-ring (bicyclic) bond motifs is 1. The van der Waals surface area contributed by atoms with Crippen LogP contribution in [0.2, 0.25) is 0 Å². The quantitative estimate of drug-likeness (QED) is 0.171. The number of unbranched alkanes of at least 4 members (excludes halogenated alkanes) is 2. The molecule has 1 aliphatic heterocycles. The molecule has 1 unspecified atom stereocenters. The molecule has 9 heteroatoms. The van der Waals surface area contributed by atoms with Crippen molar-refractivity contribution < 1.29 is 19.5 Å². The van der Waals surface area contributed by atoms with Crippen LogP contribution < -0.4 is 5.32 Å². The maximum absolute atomic E-state index is 14.6. The first-order chi connectivity index (χ1) is 23.8. The summed E-state index contributed by atoms with van der Waals surface area (Å²) in [6.45, 7) is 7.60. The van der Waals surface area contributed by atoms with E-state index in [2.05, 4.69) is 19.2 Å². The normalized spacial score (nSPS) is 16.2. The topological polar surface area (TPSA) is 108 Å². The number of carbonyl (C=O) groups is 3. The van der Waals surface area contributed by atoms with Crippen molar-refractivity contribution in [2.24, 2.45) is 0 Å². The van der Waals surface area contributed by atoms with Crippen LogP contribution in [0.4, 0.5) is 5.69 Å². The summed E-state index contributed by atoms with van der Waals surface area (Å²) in [7, 11) is 0. The molecule has 0 radical (unpaired) electrons. The first kappa shape index (κ1) is 34.1. The van der Waals surface area contributed by atoms with Crippen molar-refractivity contribution in [1.29, 1.82) is 0 Å². The van der Waals surface area contributed by atoms with Gasteiger partial charge in [0.05, 0.1) is 29.3 Å². The zero-order valence-corrected chi connectivity index (χ0v) is 28.8. The predicted octanol–water partition coefficient (Wildman–Crippen LogP) is 6.45. The number of aliphatic hydroxyl groups excluding tert-OH is 1. The number of nitrogens with zero attached hydrogens (tertiary/aromatic N) is 4. The Hall–Kier alpha value is -4.76. The lowest BCUT2D eigenvalue weighted by Gasteiger charge is -2.36. The first-order valence-corrected chi connectivity index (χ1v) is 17.7. The fourth-order valence-corrected chi connectivity index (χ4v) is 6.89. The zero-order valence-electron chi connectivity index (χ0n) is 28.8. The Bertz CT molecular complexity index is 1800. The van der Waals surface area contributed by atoms with E-state index in [1.54, 1.807) is 33.8 Å². The van der Waals surface area contributed by atoms with Crippen molar-refractivity contribution in [2.45, 2.75) is 83.7 Å². The predicted molar refractivity (Wildman–Crippen MR) is 191 cm³/mol. The lowest BCUT2D eigenvalue weighted by atomic mass is 9.93. The van der Waals surface area contributed by atoms with E-state index in [1.807, 2.05) is 66.4 Å². The highest BCUT2D eigenvalue weighted by molar-refractivity contribution is 6.04. The lowest BCUT2D eigenvalue weighted by molar-refractivity contribution is -0.118. The zero-order chi connectivity index (χ0) is 34.5. The molecular weight excluding hydrogens is 614 g/mol. The third-order valence-electron chi connectivity index (χ3n) is 10.0. The maximum atomic E-state index is 14.6. The van der Waals surface area contributed by atoms with Crippen molar-refractivity contribution >= 4 is 23.4 Å². The molecule has 0 spiro atoms. The molecule has 1 atom stereocenters. The molecule has 49 heavy (non-hydrogen) atoms. The Kier molecular flexibility index (Phi) is 10.3. The molecule has 1 aliphatic carbocycles. The minimum absolute atomic E-state index is 0.104. The van der Waals surface area contributed by atoms with Gasteiger partial charge < -0.3 is 20.2 Å². The van der Waals surface area contributed by atoms with Crippen LogP contribution in [0, 0.1) is 6.92 Å². The summed E-state index contributed by atoms with van der Waals surface area (Å²) >= 11 is 0. The molecule has 1 fully saturated rings. The number of rotatable bonds is 13. The number of nitrogens with one attached hydrogen (secondary N) is 1. The monoisotopic (exact) mass is 661 g/mol. The average Bonchev–Trinajstić information content (AvgIpc) is 3.86. The number of aromatic nitrogens is 2. The van der Waals surface area contributed by atoms with Crippen LogP contribution in [-0.4, -0.2) is 68.1 Å². The minimum atomic E-state index is -0.585. The summed E-state index contributed by atoms with van der Waals surface area (Å²) in [5.41, 5.74) is 4.93. The lowest BCUT2D eigenvalue weighted by Crippen LogP contribution is -2.46. The van der Waals surface area contributed by atoms with Crippen LogP contribution in [0.1, 0.15) is 95.6 Å². The van der Waals surface area contributed by atoms with E-state index in [9.17, 15) is 19.5 Å². The molecule has 2 aliphatic rings. The van der Waals surface area contributed by atoms with Crippen molar-refractivity contribution in [3.05, 3.63) is 113 Å². The molecule has 2 heterocycles. The van der Waals surface area contributed by atoms with E-state index >= 15 is 0 Å². The summed E-state index contributed by atoms with van der Waals surface area (Å²) in [5, 5.41) is 18.3. The van der Waals surface area contributed by atoms with Gasteiger partial charge in [-0.3, -0.25) is 14.4 Å². The number of hydrogen-bond acceptors (Lipinski definition) is 5. The standard InChI is InChI=1S/C40H47N5O4/c1-4-6-21-43(22-7-5-2)38(48)35-23-28(3)45(42-35)36-18-17-32(41-39(49)40(19-20-40)31-15-9-8-10-16-31)25-34(36)37(47)44-26-30-14-12-11-13-29(30)24-33(44)27-46/h8-18,23,25,33,46H,4-7,19-22,24,26-27H2,1-3H3,(H,41,49). The van der Waals surface area contributed by atoms with Gasteiger partial charge in [-0.2, -0.15) is 5.10 Å². The molecule has 1 saturated carbocycles. The van der Waals surface area contributed by atoms with E-state index in [0.29, 0.717) is 54.4 Å². The molecule has 3 amide bonds. The first-order valence-electron chi connectivity index (χ1n) is 17.7. The Morgan fingerprint density at radius 2 is 1.59 bits per heavy atom. The Balaban J connectivity index is 1.37. The summed E-state index contributed by atoms with van der Waals surface area (Å²) in [4.78, 5) is 45.6. The summed E-state index contributed by atoms with van der Waals surface area (Å²) in [6, 6.07) is 24.4. The van der Waals surface area contributed by atoms with E-state index in [4.69, 9.17) is 5.10 Å². The highest BCUT2D eigenvalue weighted by atomic mass is 16.3. The van der Waals surface area contributed by atoms with Gasteiger partial charge in [-0.1, -0.05) is 81.3 Å². The average molecular weight is 662 g/mol. The molecular formula is C40H47N5O4. The van der Waals surface area contributed by atoms with Crippen molar-refractivity contribution in [2.75, 3.05) is 25.0 Å². The molecule has 6 rings (SSSR count). The van der Waals surface area contributed by atoms with Crippen LogP contribution >= 0.6 is 0 Å². The number of aryl methyl sites for hydroxylation is 1. The molecule has 4 aromatic rings. The van der Waals surface area contributed by atoms with Gasteiger partial charge in [0.2, 0.25) is 5.91 Å². The molecule has 0 bridgehead atoms. The summed E-state index contributed by atoms with van der Waals surface area (Å²) < 4.78 is 1.65. The van der Waals surface area contributed by atoms with E-state index in [0.717, 1.165) is 55.2 Å². The number of amides is 3. The van der Waals surface area contributed by atoms with Gasteiger partial charge >= 0.3 is 0 Å². The van der Waals surface area contributed by atoms with Gasteiger partial charge in [0.25, 0.3) is 11.8 Å². The number of aliphatic hydroxyl groups is 1. The van der Waals surface area contributed by atoms with Gasteiger partial charge in [0.15, 0.2) is 5.69 Å². The van der Waals surface area contributed by atoms with Gasteiger partial charge in [-0.15, -0.1) is 0 Å². The SMILES string of the molecule is CCCCN(CCCC)C(=O)c1cc(C)n(-c2ccc(NC(=O)C3(c4ccccc4)CC3)cc2C(=O)N2Cc3ccccc3CC2CO)n1. The molecule has 1 aromatic heterocycles. The summed E-state index contributed by atoms with van der Waals surface area (Å²) in [6.07, 6.45) is 5.85. The van der Waals surface area contributed by atoms with Crippen LogP contribution in [0.25, 0.3) is 5.69 Å². The van der Waals surface area contributed by atoms with Crippen molar-refractivity contribution in [1.82, 2.24) is 19.6 Å². The molecule has 0 saturated heterocycles. The smallest absolute Gasteiger partial charge is 0.274 e. The van der Waals surface area contributed by atoms with E-state index in [1.165, 1.54) is 0 Å². The van der Waals surface area contributed by atoms with Crippen LogP contribution in [0.5, 0.6) is 0 Å². The van der Waals surface area contributed by atoms with Crippen LogP contribution in [0.3, 0.4) is 0 Å². The Labute approximate surface area is 288 Å². The number of hydrogen-bond donors (Lipinski definition) is 2. The third kappa shape index (κ3) is 7.04. The number of anilines is 1. The highest BCUT2D eigenvalue weighted by Crippen LogP contribution is 2.49. The largest absolute Gasteiger partial charge is 0.394 e. The maximum Gasteiger partial charge on any atom is 0.274 e. The van der Waals surface area contributed by atoms with Crippen molar-refractivity contribution in [3.8, 4) is 5.69 Å². The van der Waals surface area contributed by atoms with E-state index < -0.39 is 11.5 Å². The Morgan fingerprint density at radius 3 is 2.24 bits per heavy atom. The second-order valence-electron chi connectivity index (χ2n) is 13.5. The van der Waals surface area contributed by atoms with Gasteiger partial charge in [-0.05, 0) is 80.0 Å².